The highest BCUT2D eigenvalue weighted by Crippen LogP contribution is 2.43. The third-order valence-electron chi connectivity index (χ3n) is 4.89. The van der Waals surface area contributed by atoms with Gasteiger partial charge in [0, 0.05) is 17.6 Å². The number of carbonyl (C=O) groups excluding carboxylic acids is 1. The Kier molecular flexibility index (Phi) is 4.13. The van der Waals surface area contributed by atoms with Crippen LogP contribution in [0.5, 0.6) is 0 Å². The number of amides is 1. The lowest BCUT2D eigenvalue weighted by Crippen LogP contribution is -2.47. The first-order valence-electron chi connectivity index (χ1n) is 7.45. The van der Waals surface area contributed by atoms with Crippen molar-refractivity contribution in [1.82, 2.24) is 10.6 Å². The normalized spacial score (nSPS) is 28.9. The fourth-order valence-electron chi connectivity index (χ4n) is 3.68. The summed E-state index contributed by atoms with van der Waals surface area (Å²) in [6, 6.07) is 8.06. The van der Waals surface area contributed by atoms with E-state index in [0.717, 1.165) is 29.5 Å². The van der Waals surface area contributed by atoms with Crippen LogP contribution in [-0.4, -0.2) is 19.0 Å². The lowest BCUT2D eigenvalue weighted by Gasteiger charge is -2.37. The molecule has 3 nitrogen and oxygen atoms in total. The fourth-order valence-corrected chi connectivity index (χ4v) is 4.11. The topological polar surface area (TPSA) is 41.1 Å². The standard InChI is InChI=1S/C16H21BrN2O/c17-14-7-2-1-5-12(14)9-19-15(20)16-8-4-3-6-13(16)10-18-11-16/h1-2,5,7,13,18H,3-4,6,8-11H2,(H,19,20)/t13-,16+/m0/s1. The summed E-state index contributed by atoms with van der Waals surface area (Å²) in [4.78, 5) is 12.7. The zero-order valence-electron chi connectivity index (χ0n) is 11.6. The van der Waals surface area contributed by atoms with Crippen LogP contribution in [0, 0.1) is 11.3 Å². The Morgan fingerprint density at radius 2 is 2.25 bits per heavy atom. The molecule has 2 aliphatic rings. The van der Waals surface area contributed by atoms with Crippen LogP contribution < -0.4 is 10.6 Å². The van der Waals surface area contributed by atoms with Crippen LogP contribution in [0.1, 0.15) is 31.2 Å². The Morgan fingerprint density at radius 1 is 1.40 bits per heavy atom. The van der Waals surface area contributed by atoms with Crippen molar-refractivity contribution in [2.24, 2.45) is 11.3 Å². The van der Waals surface area contributed by atoms with Crippen LogP contribution in [0.3, 0.4) is 0 Å². The summed E-state index contributed by atoms with van der Waals surface area (Å²) in [5.74, 6) is 0.762. The lowest BCUT2D eigenvalue weighted by molar-refractivity contribution is -0.134. The molecule has 0 unspecified atom stereocenters. The second kappa shape index (κ2) is 5.86. The quantitative estimate of drug-likeness (QED) is 0.891. The zero-order chi connectivity index (χ0) is 14.0. The van der Waals surface area contributed by atoms with Gasteiger partial charge in [0.1, 0.15) is 0 Å². The highest BCUT2D eigenvalue weighted by Gasteiger charge is 2.49. The molecule has 2 fully saturated rings. The van der Waals surface area contributed by atoms with E-state index in [4.69, 9.17) is 0 Å². The third kappa shape index (κ3) is 2.51. The monoisotopic (exact) mass is 336 g/mol. The Hall–Kier alpha value is -0.870. The summed E-state index contributed by atoms with van der Waals surface area (Å²) in [5, 5.41) is 6.59. The number of halogens is 1. The Morgan fingerprint density at radius 3 is 3.10 bits per heavy atom. The predicted octanol–water partition coefficient (Wildman–Crippen LogP) is 2.85. The number of hydrogen-bond acceptors (Lipinski definition) is 2. The molecule has 0 radical (unpaired) electrons. The third-order valence-corrected chi connectivity index (χ3v) is 5.66. The van der Waals surface area contributed by atoms with Crippen molar-refractivity contribution in [2.75, 3.05) is 13.1 Å². The first-order chi connectivity index (χ1) is 9.72. The molecular weight excluding hydrogens is 316 g/mol. The molecule has 0 bridgehead atoms. The average Bonchev–Trinajstić information content (AvgIpc) is 2.91. The van der Waals surface area contributed by atoms with Gasteiger partial charge in [-0.2, -0.15) is 0 Å². The number of hydrogen-bond donors (Lipinski definition) is 2. The van der Waals surface area contributed by atoms with Gasteiger partial charge in [0.25, 0.3) is 0 Å². The minimum absolute atomic E-state index is 0.153. The molecule has 1 aromatic carbocycles. The molecular formula is C16H21BrN2O. The van der Waals surface area contributed by atoms with Gasteiger partial charge in [-0.15, -0.1) is 0 Å². The summed E-state index contributed by atoms with van der Waals surface area (Å²) in [6.45, 7) is 2.45. The maximum Gasteiger partial charge on any atom is 0.228 e. The lowest BCUT2D eigenvalue weighted by atomic mass is 9.67. The van der Waals surface area contributed by atoms with Crippen molar-refractivity contribution in [1.29, 1.82) is 0 Å². The molecule has 4 heteroatoms. The van der Waals surface area contributed by atoms with Crippen molar-refractivity contribution in [3.8, 4) is 0 Å². The molecule has 0 aromatic heterocycles. The highest BCUT2D eigenvalue weighted by atomic mass is 79.9. The first-order valence-corrected chi connectivity index (χ1v) is 8.24. The molecule has 1 aliphatic carbocycles. The van der Waals surface area contributed by atoms with E-state index in [1.807, 2.05) is 24.3 Å². The van der Waals surface area contributed by atoms with Crippen molar-refractivity contribution in [2.45, 2.75) is 32.2 Å². The number of nitrogens with one attached hydrogen (secondary N) is 2. The number of rotatable bonds is 3. The summed E-state index contributed by atoms with van der Waals surface area (Å²) in [6.07, 6.45) is 4.67. The van der Waals surface area contributed by atoms with Gasteiger partial charge in [0.15, 0.2) is 0 Å². The van der Waals surface area contributed by atoms with Crippen LogP contribution in [-0.2, 0) is 11.3 Å². The van der Waals surface area contributed by atoms with E-state index < -0.39 is 0 Å². The maximum absolute atomic E-state index is 12.7. The van der Waals surface area contributed by atoms with E-state index in [9.17, 15) is 4.79 Å². The Balaban J connectivity index is 1.68. The van der Waals surface area contributed by atoms with E-state index >= 15 is 0 Å². The molecule has 1 saturated heterocycles. The minimum Gasteiger partial charge on any atom is -0.351 e. The SMILES string of the molecule is O=C(NCc1ccccc1Br)[C@@]12CCCC[C@H]1CNC2. The molecule has 1 aromatic rings. The molecule has 0 spiro atoms. The van der Waals surface area contributed by atoms with Gasteiger partial charge in [0.05, 0.1) is 5.41 Å². The molecule has 1 amide bonds. The zero-order valence-corrected chi connectivity index (χ0v) is 13.2. The fraction of sp³-hybridized carbons (Fsp3) is 0.562. The largest absolute Gasteiger partial charge is 0.351 e. The van der Waals surface area contributed by atoms with Crippen LogP contribution in [0.15, 0.2) is 28.7 Å². The van der Waals surface area contributed by atoms with Gasteiger partial charge < -0.3 is 10.6 Å². The molecule has 2 N–H and O–H groups in total. The van der Waals surface area contributed by atoms with Crippen molar-refractivity contribution in [3.05, 3.63) is 34.3 Å². The van der Waals surface area contributed by atoms with Gasteiger partial charge in [-0.05, 0) is 36.9 Å². The van der Waals surface area contributed by atoms with Crippen LogP contribution >= 0.6 is 15.9 Å². The summed E-state index contributed by atoms with van der Waals surface area (Å²) >= 11 is 3.53. The Labute approximate surface area is 128 Å². The van der Waals surface area contributed by atoms with Gasteiger partial charge in [-0.1, -0.05) is 47.0 Å². The van der Waals surface area contributed by atoms with Crippen molar-refractivity contribution >= 4 is 21.8 Å². The number of carbonyl (C=O) groups is 1. The van der Waals surface area contributed by atoms with E-state index in [-0.39, 0.29) is 11.3 Å². The average molecular weight is 337 g/mol. The number of fused-ring (bicyclic) bond motifs is 1. The minimum atomic E-state index is -0.153. The second-order valence-corrected chi connectivity index (χ2v) is 6.86. The summed E-state index contributed by atoms with van der Waals surface area (Å²) in [7, 11) is 0. The summed E-state index contributed by atoms with van der Waals surface area (Å²) < 4.78 is 1.06. The van der Waals surface area contributed by atoms with Crippen molar-refractivity contribution in [3.63, 3.8) is 0 Å². The Bertz CT molecular complexity index is 505. The molecule has 108 valence electrons. The number of benzene rings is 1. The van der Waals surface area contributed by atoms with E-state index in [1.54, 1.807) is 0 Å². The van der Waals surface area contributed by atoms with Crippen LogP contribution in [0.2, 0.25) is 0 Å². The molecule has 20 heavy (non-hydrogen) atoms. The van der Waals surface area contributed by atoms with Crippen LogP contribution in [0.4, 0.5) is 0 Å². The van der Waals surface area contributed by atoms with Crippen LogP contribution in [0.25, 0.3) is 0 Å². The smallest absolute Gasteiger partial charge is 0.228 e. The molecule has 1 saturated carbocycles. The summed E-state index contributed by atoms with van der Waals surface area (Å²) in [5.41, 5.74) is 0.982. The van der Waals surface area contributed by atoms with Gasteiger partial charge in [-0.3, -0.25) is 4.79 Å². The van der Waals surface area contributed by atoms with Gasteiger partial charge in [-0.25, -0.2) is 0 Å². The molecule has 2 atom stereocenters. The maximum atomic E-state index is 12.7. The van der Waals surface area contributed by atoms with Gasteiger partial charge >= 0.3 is 0 Å². The van der Waals surface area contributed by atoms with E-state index in [1.165, 1.54) is 19.3 Å². The molecule has 1 heterocycles. The first kappa shape index (κ1) is 14.1. The van der Waals surface area contributed by atoms with Gasteiger partial charge in [0.2, 0.25) is 5.91 Å². The van der Waals surface area contributed by atoms with E-state index in [0.29, 0.717) is 12.5 Å². The van der Waals surface area contributed by atoms with E-state index in [2.05, 4.69) is 26.6 Å². The second-order valence-electron chi connectivity index (χ2n) is 6.00. The molecule has 1 aliphatic heterocycles. The highest BCUT2D eigenvalue weighted by molar-refractivity contribution is 9.10. The molecule has 3 rings (SSSR count). The van der Waals surface area contributed by atoms with Crippen molar-refractivity contribution < 1.29 is 4.79 Å². The predicted molar refractivity (Wildman–Crippen MR) is 83.2 cm³/mol.